The van der Waals surface area contributed by atoms with Gasteiger partial charge in [0.05, 0.1) is 13.2 Å². The molecule has 0 aromatic carbocycles. The van der Waals surface area contributed by atoms with Crippen molar-refractivity contribution in [1.82, 2.24) is 0 Å². The van der Waals surface area contributed by atoms with Crippen LogP contribution in [-0.4, -0.2) is 31.6 Å². The van der Waals surface area contributed by atoms with Crippen molar-refractivity contribution < 1.29 is 19.0 Å². The quantitative estimate of drug-likeness (QED) is 0.545. The third kappa shape index (κ3) is 2.17. The first-order valence-electron chi connectivity index (χ1n) is 3.67. The number of ether oxygens (including phenoxy) is 3. The molecule has 1 aliphatic heterocycles. The van der Waals surface area contributed by atoms with E-state index in [1.807, 2.05) is 0 Å². The van der Waals surface area contributed by atoms with Crippen LogP contribution in [0.2, 0.25) is 0 Å². The van der Waals surface area contributed by atoms with Crippen LogP contribution in [0.15, 0.2) is 0 Å². The predicted molar refractivity (Wildman–Crippen MR) is 36.9 cm³/mol. The zero-order valence-corrected chi connectivity index (χ0v) is 6.70. The molecule has 4 heteroatoms. The van der Waals surface area contributed by atoms with Crippen LogP contribution in [0.5, 0.6) is 0 Å². The molecule has 11 heavy (non-hydrogen) atoms. The van der Waals surface area contributed by atoms with Crippen LogP contribution in [0.25, 0.3) is 0 Å². The molecule has 2 atom stereocenters. The maximum atomic E-state index is 11.0. The molecular formula is C7H12O4. The molecule has 1 rings (SSSR count). The number of hydrogen-bond donors (Lipinski definition) is 0. The summed E-state index contributed by atoms with van der Waals surface area (Å²) in [6.45, 7) is 4.20. The fourth-order valence-corrected chi connectivity index (χ4v) is 0.892. The molecule has 0 amide bonds. The van der Waals surface area contributed by atoms with E-state index in [2.05, 4.69) is 0 Å². The summed E-state index contributed by atoms with van der Waals surface area (Å²) in [6.07, 6.45) is -0.811. The Balaban J connectivity index is 2.31. The van der Waals surface area contributed by atoms with E-state index in [0.29, 0.717) is 13.2 Å². The van der Waals surface area contributed by atoms with Gasteiger partial charge < -0.3 is 14.2 Å². The summed E-state index contributed by atoms with van der Waals surface area (Å²) in [6, 6.07) is 0. The van der Waals surface area contributed by atoms with E-state index in [1.54, 1.807) is 13.8 Å². The van der Waals surface area contributed by atoms with Crippen molar-refractivity contribution in [1.29, 1.82) is 0 Å². The number of hydrogen-bond acceptors (Lipinski definition) is 4. The molecule has 0 aliphatic carbocycles. The van der Waals surface area contributed by atoms with Crippen molar-refractivity contribution in [3.63, 3.8) is 0 Å². The van der Waals surface area contributed by atoms with Crippen LogP contribution in [0.3, 0.4) is 0 Å². The summed E-state index contributed by atoms with van der Waals surface area (Å²) in [4.78, 5) is 11.0. The van der Waals surface area contributed by atoms with Gasteiger partial charge in [0, 0.05) is 0 Å². The monoisotopic (exact) mass is 160 g/mol. The van der Waals surface area contributed by atoms with Crippen molar-refractivity contribution >= 4 is 5.97 Å². The van der Waals surface area contributed by atoms with Crippen LogP contribution < -0.4 is 0 Å². The Kier molecular flexibility index (Phi) is 2.84. The second kappa shape index (κ2) is 3.69. The molecule has 0 radical (unpaired) electrons. The second-order valence-electron chi connectivity index (χ2n) is 2.28. The minimum Gasteiger partial charge on any atom is -0.464 e. The molecule has 2 unspecified atom stereocenters. The zero-order chi connectivity index (χ0) is 8.27. The first-order valence-corrected chi connectivity index (χ1v) is 3.67. The highest BCUT2D eigenvalue weighted by Gasteiger charge is 2.29. The fourth-order valence-electron chi connectivity index (χ4n) is 0.892. The average Bonchev–Trinajstić information content (AvgIpc) is 2.36. The van der Waals surface area contributed by atoms with E-state index in [4.69, 9.17) is 14.2 Å². The lowest BCUT2D eigenvalue weighted by atomic mass is 10.4. The predicted octanol–water partition coefficient (Wildman–Crippen LogP) is 0.311. The highest BCUT2D eigenvalue weighted by Crippen LogP contribution is 2.11. The molecule has 0 bridgehead atoms. The Morgan fingerprint density at radius 1 is 1.73 bits per heavy atom. The van der Waals surface area contributed by atoms with Crippen LogP contribution in [0, 0.1) is 0 Å². The summed E-state index contributed by atoms with van der Waals surface area (Å²) < 4.78 is 14.8. The Morgan fingerprint density at radius 3 is 2.91 bits per heavy atom. The molecule has 0 spiro atoms. The van der Waals surface area contributed by atoms with Crippen LogP contribution in [-0.2, 0) is 19.0 Å². The summed E-state index contributed by atoms with van der Waals surface area (Å²) in [5.41, 5.74) is 0. The normalized spacial score (nSPS) is 30.4. The van der Waals surface area contributed by atoms with Gasteiger partial charge in [-0.25, -0.2) is 4.79 Å². The van der Waals surface area contributed by atoms with Crippen molar-refractivity contribution in [2.75, 3.05) is 13.2 Å². The maximum absolute atomic E-state index is 11.0. The lowest BCUT2D eigenvalue weighted by Gasteiger charge is -2.06. The lowest BCUT2D eigenvalue weighted by molar-refractivity contribution is -0.155. The van der Waals surface area contributed by atoms with Gasteiger partial charge in [0.2, 0.25) is 0 Å². The first-order chi connectivity index (χ1) is 5.24. The van der Waals surface area contributed by atoms with Crippen LogP contribution >= 0.6 is 0 Å². The molecule has 0 aromatic heterocycles. The fraction of sp³-hybridized carbons (Fsp3) is 0.857. The van der Waals surface area contributed by atoms with Gasteiger partial charge in [-0.1, -0.05) is 0 Å². The third-order valence-corrected chi connectivity index (χ3v) is 1.39. The van der Waals surface area contributed by atoms with Crippen molar-refractivity contribution in [3.8, 4) is 0 Å². The highest BCUT2D eigenvalue weighted by atomic mass is 16.7. The van der Waals surface area contributed by atoms with Gasteiger partial charge in [0.25, 0.3) is 0 Å². The Hall–Kier alpha value is -0.610. The number of carbonyl (C=O) groups excluding carboxylic acids is 1. The molecule has 4 nitrogen and oxygen atoms in total. The van der Waals surface area contributed by atoms with E-state index >= 15 is 0 Å². The van der Waals surface area contributed by atoms with Crippen molar-refractivity contribution in [2.24, 2.45) is 0 Å². The topological polar surface area (TPSA) is 44.8 Å². The van der Waals surface area contributed by atoms with E-state index in [9.17, 15) is 4.79 Å². The molecule has 1 aliphatic rings. The standard InChI is InChI=1S/C7H12O4/c1-3-9-7(8)6-4-10-5(2)11-6/h5-6H,3-4H2,1-2H3. The van der Waals surface area contributed by atoms with Gasteiger partial charge in [-0.05, 0) is 13.8 Å². The largest absolute Gasteiger partial charge is 0.464 e. The molecule has 1 saturated heterocycles. The van der Waals surface area contributed by atoms with Gasteiger partial charge in [-0.3, -0.25) is 0 Å². The summed E-state index contributed by atoms with van der Waals surface area (Å²) in [5, 5.41) is 0. The zero-order valence-electron chi connectivity index (χ0n) is 6.70. The maximum Gasteiger partial charge on any atom is 0.337 e. The molecule has 0 N–H and O–H groups in total. The SMILES string of the molecule is CCOC(=O)C1COC(C)O1. The second-order valence-corrected chi connectivity index (χ2v) is 2.28. The van der Waals surface area contributed by atoms with E-state index in [-0.39, 0.29) is 12.3 Å². The molecular weight excluding hydrogens is 148 g/mol. The third-order valence-electron chi connectivity index (χ3n) is 1.39. The highest BCUT2D eigenvalue weighted by molar-refractivity contribution is 5.75. The van der Waals surface area contributed by atoms with E-state index in [0.717, 1.165) is 0 Å². The van der Waals surface area contributed by atoms with Gasteiger partial charge in [0.1, 0.15) is 0 Å². The first kappa shape index (κ1) is 8.49. The van der Waals surface area contributed by atoms with E-state index in [1.165, 1.54) is 0 Å². The molecule has 1 fully saturated rings. The smallest absolute Gasteiger partial charge is 0.337 e. The van der Waals surface area contributed by atoms with Gasteiger partial charge in [-0.15, -0.1) is 0 Å². The Bertz CT molecular complexity index is 145. The summed E-state index contributed by atoms with van der Waals surface area (Å²) in [5.74, 6) is -0.336. The minimum absolute atomic E-state index is 0.288. The molecule has 64 valence electrons. The average molecular weight is 160 g/mol. The summed E-state index contributed by atoms with van der Waals surface area (Å²) >= 11 is 0. The van der Waals surface area contributed by atoms with Crippen molar-refractivity contribution in [2.45, 2.75) is 26.2 Å². The lowest BCUT2D eigenvalue weighted by Crippen LogP contribution is -2.25. The molecule has 1 heterocycles. The van der Waals surface area contributed by atoms with Crippen LogP contribution in [0.1, 0.15) is 13.8 Å². The van der Waals surface area contributed by atoms with Crippen LogP contribution in [0.4, 0.5) is 0 Å². The van der Waals surface area contributed by atoms with Crippen molar-refractivity contribution in [3.05, 3.63) is 0 Å². The number of rotatable bonds is 2. The minimum atomic E-state index is -0.523. The number of carbonyl (C=O) groups is 1. The molecule has 0 aromatic rings. The molecule has 0 saturated carbocycles. The van der Waals surface area contributed by atoms with Gasteiger partial charge in [-0.2, -0.15) is 0 Å². The Labute approximate surface area is 65.4 Å². The van der Waals surface area contributed by atoms with Gasteiger partial charge in [0.15, 0.2) is 12.4 Å². The van der Waals surface area contributed by atoms with E-state index < -0.39 is 6.10 Å². The number of esters is 1. The summed E-state index contributed by atoms with van der Waals surface area (Å²) in [7, 11) is 0. The van der Waals surface area contributed by atoms with Gasteiger partial charge >= 0.3 is 5.97 Å². The Morgan fingerprint density at radius 2 is 2.45 bits per heavy atom.